The molecule has 2 aromatic carbocycles. The molecule has 2 aliphatic heterocycles. The minimum absolute atomic E-state index is 0. The average molecular weight is 460 g/mol. The predicted octanol–water partition coefficient (Wildman–Crippen LogP) is 1.77. The molecule has 3 N–H and O–H groups in total. The van der Waals surface area contributed by atoms with Crippen molar-refractivity contribution in [2.24, 2.45) is 0 Å². The predicted molar refractivity (Wildman–Crippen MR) is 124 cm³/mol. The quantitative estimate of drug-likeness (QED) is 0.634. The largest absolute Gasteiger partial charge is 0.389 e. The molecule has 0 saturated carbocycles. The maximum atomic E-state index is 12.7. The van der Waals surface area contributed by atoms with Gasteiger partial charge >= 0.3 is 0 Å². The molecule has 0 bridgehead atoms. The van der Waals surface area contributed by atoms with E-state index >= 15 is 0 Å². The number of carbonyl (C=O) groups is 2. The first-order valence-electron chi connectivity index (χ1n) is 10.8. The molecule has 0 aromatic heterocycles. The molecule has 2 unspecified atom stereocenters. The third-order valence-electron chi connectivity index (χ3n) is 6.09. The highest BCUT2D eigenvalue weighted by Gasteiger charge is 2.29. The third kappa shape index (κ3) is 5.48. The Morgan fingerprint density at radius 2 is 1.69 bits per heavy atom. The molecule has 2 heterocycles. The number of aliphatic hydroxyl groups is 1. The van der Waals surface area contributed by atoms with Gasteiger partial charge in [0, 0.05) is 36.8 Å². The molecule has 2 aliphatic rings. The molecule has 172 valence electrons. The smallest absolute Gasteiger partial charge is 0.254 e. The number of benzene rings is 2. The van der Waals surface area contributed by atoms with Crippen LogP contribution < -0.4 is 10.6 Å². The fraction of sp³-hybridized carbons (Fsp3) is 0.417. The van der Waals surface area contributed by atoms with Gasteiger partial charge in [-0.25, -0.2) is 0 Å². The summed E-state index contributed by atoms with van der Waals surface area (Å²) in [6.45, 7) is 4.77. The van der Waals surface area contributed by atoms with Crippen molar-refractivity contribution in [1.29, 1.82) is 0 Å². The van der Waals surface area contributed by atoms with E-state index < -0.39 is 12.1 Å². The molecular weight excluding hydrogens is 430 g/mol. The summed E-state index contributed by atoms with van der Waals surface area (Å²) in [6.07, 6.45) is -0.00455. The summed E-state index contributed by atoms with van der Waals surface area (Å²) in [7, 11) is 0. The number of hydrogen-bond donors (Lipinski definition) is 3. The van der Waals surface area contributed by atoms with Crippen molar-refractivity contribution in [1.82, 2.24) is 15.5 Å². The molecule has 0 aliphatic carbocycles. The van der Waals surface area contributed by atoms with E-state index in [9.17, 15) is 14.7 Å². The number of fused-ring (bicyclic) bond motifs is 1. The number of rotatable bonds is 5. The SMILES string of the molecule is CC(NC(=O)c1ccc(C(=O)N2CCOCC2)cc1)C(O)[C@@H]1Cc2ccccc2CN1.Cl. The van der Waals surface area contributed by atoms with Crippen molar-refractivity contribution in [2.75, 3.05) is 26.3 Å². The number of ether oxygens (including phenoxy) is 1. The number of amides is 2. The van der Waals surface area contributed by atoms with E-state index in [0.717, 1.165) is 6.42 Å². The summed E-state index contributed by atoms with van der Waals surface area (Å²) in [6, 6.07) is 14.3. The van der Waals surface area contributed by atoms with Crippen molar-refractivity contribution in [3.63, 3.8) is 0 Å². The second kappa shape index (κ2) is 10.9. The van der Waals surface area contributed by atoms with E-state index in [-0.39, 0.29) is 30.3 Å². The highest BCUT2D eigenvalue weighted by molar-refractivity contribution is 5.98. The van der Waals surface area contributed by atoms with E-state index in [1.54, 1.807) is 36.1 Å². The first-order valence-corrected chi connectivity index (χ1v) is 10.8. The summed E-state index contributed by atoms with van der Waals surface area (Å²) < 4.78 is 5.28. The number of halogens is 1. The lowest BCUT2D eigenvalue weighted by Gasteiger charge is -2.33. The maximum absolute atomic E-state index is 12.7. The number of nitrogens with one attached hydrogen (secondary N) is 2. The molecule has 3 atom stereocenters. The van der Waals surface area contributed by atoms with Gasteiger partial charge in [-0.2, -0.15) is 0 Å². The zero-order chi connectivity index (χ0) is 21.8. The Balaban J connectivity index is 0.00000289. The second-order valence-corrected chi connectivity index (χ2v) is 8.19. The van der Waals surface area contributed by atoms with Crippen molar-refractivity contribution in [3.05, 3.63) is 70.8 Å². The van der Waals surface area contributed by atoms with Crippen LogP contribution in [0.15, 0.2) is 48.5 Å². The Morgan fingerprint density at radius 3 is 2.38 bits per heavy atom. The number of hydrogen-bond acceptors (Lipinski definition) is 5. The van der Waals surface area contributed by atoms with Crippen LogP contribution in [0.25, 0.3) is 0 Å². The molecule has 1 saturated heterocycles. The van der Waals surface area contributed by atoms with Gasteiger partial charge in [-0.15, -0.1) is 12.4 Å². The highest BCUT2D eigenvalue weighted by Crippen LogP contribution is 2.19. The molecular formula is C24H30ClN3O4. The van der Waals surface area contributed by atoms with Gasteiger partial charge in [0.2, 0.25) is 0 Å². The standard InChI is InChI=1S/C24H29N3O4.ClH/c1-16(22(28)21-14-19-4-2-3-5-20(19)15-25-21)26-23(29)17-6-8-18(9-7-17)24(30)27-10-12-31-13-11-27;/h2-9,16,21-22,25,28H,10-15H2,1H3,(H,26,29);1H/t16?,21-,22?;/m0./s1. The van der Waals surface area contributed by atoms with Gasteiger partial charge in [-0.1, -0.05) is 24.3 Å². The average Bonchev–Trinajstić information content (AvgIpc) is 2.83. The number of aliphatic hydroxyl groups excluding tert-OH is 1. The van der Waals surface area contributed by atoms with E-state index in [1.807, 2.05) is 12.1 Å². The number of nitrogens with zero attached hydrogens (tertiary/aromatic N) is 1. The van der Waals surface area contributed by atoms with Gasteiger partial charge in [0.1, 0.15) is 0 Å². The Kier molecular flexibility index (Phi) is 8.26. The summed E-state index contributed by atoms with van der Waals surface area (Å²) in [5, 5.41) is 17.0. The van der Waals surface area contributed by atoms with Crippen LogP contribution in [0.5, 0.6) is 0 Å². The molecule has 7 nitrogen and oxygen atoms in total. The normalized spacial score (nSPS) is 19.8. The Bertz CT molecular complexity index is 931. The Morgan fingerprint density at radius 1 is 1.06 bits per heavy atom. The zero-order valence-corrected chi connectivity index (χ0v) is 18.9. The first kappa shape index (κ1) is 24.2. The van der Waals surface area contributed by atoms with Crippen molar-refractivity contribution < 1.29 is 19.4 Å². The fourth-order valence-electron chi connectivity index (χ4n) is 4.16. The second-order valence-electron chi connectivity index (χ2n) is 8.19. The van der Waals surface area contributed by atoms with Crippen LogP contribution in [0.3, 0.4) is 0 Å². The minimum atomic E-state index is -0.723. The minimum Gasteiger partial charge on any atom is -0.389 e. The summed E-state index contributed by atoms with van der Waals surface area (Å²) in [5.74, 6) is -0.323. The van der Waals surface area contributed by atoms with Crippen LogP contribution in [-0.4, -0.2) is 66.3 Å². The summed E-state index contributed by atoms with van der Waals surface area (Å²) in [5.41, 5.74) is 3.48. The van der Waals surface area contributed by atoms with Crippen molar-refractivity contribution >= 4 is 24.2 Å². The molecule has 0 radical (unpaired) electrons. The van der Waals surface area contributed by atoms with E-state index in [0.29, 0.717) is 44.0 Å². The lowest BCUT2D eigenvalue weighted by Crippen LogP contribution is -2.53. The van der Waals surface area contributed by atoms with Gasteiger partial charge in [0.05, 0.1) is 25.4 Å². The monoisotopic (exact) mass is 459 g/mol. The van der Waals surface area contributed by atoms with Gasteiger partial charge in [0.25, 0.3) is 11.8 Å². The third-order valence-corrected chi connectivity index (χ3v) is 6.09. The van der Waals surface area contributed by atoms with Crippen LogP contribution in [0.2, 0.25) is 0 Å². The molecule has 0 spiro atoms. The lowest BCUT2D eigenvalue weighted by atomic mass is 9.90. The van der Waals surface area contributed by atoms with E-state index in [1.165, 1.54) is 11.1 Å². The fourth-order valence-corrected chi connectivity index (χ4v) is 4.16. The first-order chi connectivity index (χ1) is 15.0. The van der Waals surface area contributed by atoms with Gasteiger partial charge < -0.3 is 25.4 Å². The van der Waals surface area contributed by atoms with E-state index in [2.05, 4.69) is 22.8 Å². The van der Waals surface area contributed by atoms with Crippen LogP contribution in [-0.2, 0) is 17.7 Å². The molecule has 32 heavy (non-hydrogen) atoms. The van der Waals surface area contributed by atoms with Gasteiger partial charge in [-0.3, -0.25) is 9.59 Å². The summed E-state index contributed by atoms with van der Waals surface area (Å²) >= 11 is 0. The van der Waals surface area contributed by atoms with Crippen LogP contribution in [0.1, 0.15) is 38.8 Å². The zero-order valence-electron chi connectivity index (χ0n) is 18.1. The Hall–Kier alpha value is -2.45. The summed E-state index contributed by atoms with van der Waals surface area (Å²) in [4.78, 5) is 27.0. The van der Waals surface area contributed by atoms with Crippen LogP contribution >= 0.6 is 12.4 Å². The molecule has 2 amide bonds. The molecule has 1 fully saturated rings. The highest BCUT2D eigenvalue weighted by atomic mass is 35.5. The van der Waals surface area contributed by atoms with Crippen molar-refractivity contribution in [2.45, 2.75) is 38.1 Å². The molecule has 2 aromatic rings. The van der Waals surface area contributed by atoms with E-state index in [4.69, 9.17) is 4.74 Å². The molecule has 8 heteroatoms. The topological polar surface area (TPSA) is 90.9 Å². The van der Waals surface area contributed by atoms with Crippen LogP contribution in [0, 0.1) is 0 Å². The maximum Gasteiger partial charge on any atom is 0.254 e. The lowest BCUT2D eigenvalue weighted by molar-refractivity contribution is 0.0303. The van der Waals surface area contributed by atoms with Crippen molar-refractivity contribution in [3.8, 4) is 0 Å². The number of carbonyl (C=O) groups excluding carboxylic acids is 2. The number of morpholine rings is 1. The Labute approximate surface area is 194 Å². The van der Waals surface area contributed by atoms with Gasteiger partial charge in [0.15, 0.2) is 0 Å². The molecule has 4 rings (SSSR count). The van der Waals surface area contributed by atoms with Crippen LogP contribution in [0.4, 0.5) is 0 Å². The van der Waals surface area contributed by atoms with Gasteiger partial charge in [-0.05, 0) is 48.7 Å².